The molecule has 19 heavy (non-hydrogen) atoms. The number of nitrogens with zero attached hydrogens (tertiary/aromatic N) is 4. The van der Waals surface area contributed by atoms with Crippen molar-refractivity contribution >= 4 is 18.0 Å². The molecule has 1 aromatic heterocycles. The summed E-state index contributed by atoms with van der Waals surface area (Å²) in [5.41, 5.74) is 4.03. The van der Waals surface area contributed by atoms with E-state index < -0.39 is 0 Å². The first-order valence-corrected chi connectivity index (χ1v) is 6.52. The summed E-state index contributed by atoms with van der Waals surface area (Å²) in [5.74, 6) is 0. The van der Waals surface area contributed by atoms with Crippen LogP contribution in [0, 0.1) is 0 Å². The second-order valence-electron chi connectivity index (χ2n) is 3.90. The fourth-order valence-corrected chi connectivity index (χ4v) is 2.48. The molecule has 0 atom stereocenters. The molecule has 3 rings (SSSR count). The zero-order chi connectivity index (χ0) is 13.1. The smallest absolute Gasteiger partial charge is 0.108 e. The standard InChI is InChI=1S/C14H10N4S/c1-10-18-13-9-16-6-4-12(13)17-8-11-7-15-5-2-3-14(11)19-10/h3-7,9H,1,8H2/b17-12-,18-13-. The summed E-state index contributed by atoms with van der Waals surface area (Å²) in [6.07, 6.45) is 8.74. The highest BCUT2D eigenvalue weighted by molar-refractivity contribution is 8.06. The van der Waals surface area contributed by atoms with Crippen molar-refractivity contribution in [1.29, 1.82) is 0 Å². The van der Waals surface area contributed by atoms with Crippen LogP contribution >= 0.6 is 11.8 Å². The summed E-state index contributed by atoms with van der Waals surface area (Å²) >= 11 is 1.50. The van der Waals surface area contributed by atoms with Crippen LogP contribution in [-0.2, 0) is 0 Å². The van der Waals surface area contributed by atoms with Gasteiger partial charge in [-0.25, -0.2) is 4.99 Å². The molecule has 0 aliphatic carbocycles. The highest BCUT2D eigenvalue weighted by Crippen LogP contribution is 2.28. The van der Waals surface area contributed by atoms with E-state index in [1.165, 1.54) is 11.8 Å². The zero-order valence-corrected chi connectivity index (χ0v) is 10.9. The Kier molecular flexibility index (Phi) is 3.23. The van der Waals surface area contributed by atoms with Gasteiger partial charge in [0.25, 0.3) is 0 Å². The maximum atomic E-state index is 4.57. The minimum absolute atomic E-state index is 0.553. The normalized spacial score (nSPS) is 20.9. The molecule has 0 bridgehead atoms. The number of aromatic nitrogens is 1. The van der Waals surface area contributed by atoms with Crippen molar-refractivity contribution in [3.8, 4) is 0 Å². The number of fused-ring (bicyclic) bond motifs is 1. The average molecular weight is 266 g/mol. The molecule has 2 aliphatic heterocycles. The lowest BCUT2D eigenvalue weighted by Crippen LogP contribution is -2.25. The zero-order valence-electron chi connectivity index (χ0n) is 10.1. The maximum Gasteiger partial charge on any atom is 0.108 e. The molecule has 0 fully saturated rings. The van der Waals surface area contributed by atoms with E-state index in [-0.39, 0.29) is 0 Å². The molecule has 2 aliphatic rings. The van der Waals surface area contributed by atoms with E-state index in [4.69, 9.17) is 0 Å². The van der Waals surface area contributed by atoms with E-state index in [1.54, 1.807) is 18.6 Å². The summed E-state index contributed by atoms with van der Waals surface area (Å²) in [6.45, 7) is 4.52. The van der Waals surface area contributed by atoms with E-state index in [0.29, 0.717) is 11.6 Å². The van der Waals surface area contributed by atoms with E-state index in [9.17, 15) is 0 Å². The maximum absolute atomic E-state index is 4.57. The van der Waals surface area contributed by atoms with Gasteiger partial charge in [0, 0.05) is 22.9 Å². The lowest BCUT2D eigenvalue weighted by atomic mass is 10.2. The van der Waals surface area contributed by atoms with Gasteiger partial charge in [-0.2, -0.15) is 0 Å². The van der Waals surface area contributed by atoms with Crippen molar-refractivity contribution in [2.24, 2.45) is 15.0 Å². The molecule has 0 saturated heterocycles. The van der Waals surface area contributed by atoms with Crippen LogP contribution in [0.4, 0.5) is 0 Å². The molecule has 4 nitrogen and oxygen atoms in total. The molecule has 0 spiro atoms. The third-order valence-corrected chi connectivity index (χ3v) is 3.51. The fourth-order valence-electron chi connectivity index (χ4n) is 1.71. The van der Waals surface area contributed by atoms with Crippen LogP contribution in [0.3, 0.4) is 0 Å². The molecule has 0 N–H and O–H groups in total. The Bertz CT molecular complexity index is 780. The molecular weight excluding hydrogens is 256 g/mol. The molecule has 5 heteroatoms. The highest BCUT2D eigenvalue weighted by Gasteiger charge is 2.08. The first-order chi connectivity index (χ1) is 9.33. The van der Waals surface area contributed by atoms with Gasteiger partial charge in [-0.05, 0) is 12.1 Å². The number of thioether (sulfide) groups is 1. The number of allylic oxidation sites excluding steroid dienone is 1. The Morgan fingerprint density at radius 1 is 1.32 bits per heavy atom. The van der Waals surface area contributed by atoms with Gasteiger partial charge in [0.2, 0.25) is 0 Å². The first kappa shape index (κ1) is 11.8. The lowest BCUT2D eigenvalue weighted by Gasteiger charge is -2.03. The lowest BCUT2D eigenvalue weighted by molar-refractivity contribution is 1.06. The van der Waals surface area contributed by atoms with Crippen LogP contribution in [0.2, 0.25) is 0 Å². The third-order valence-electron chi connectivity index (χ3n) is 2.58. The SMILES string of the molecule is C=C1/N=c2/cncc/c2=N/CC2=C(C=C=CN=C2)S1. The van der Waals surface area contributed by atoms with Crippen LogP contribution < -0.4 is 10.7 Å². The molecular formula is C14H10N4S. The van der Waals surface area contributed by atoms with Gasteiger partial charge in [-0.1, -0.05) is 24.1 Å². The number of rotatable bonds is 0. The Morgan fingerprint density at radius 3 is 3.21 bits per heavy atom. The van der Waals surface area contributed by atoms with Gasteiger partial charge >= 0.3 is 0 Å². The summed E-state index contributed by atoms with van der Waals surface area (Å²) < 4.78 is 0. The average Bonchev–Trinajstić information content (AvgIpc) is 2.59. The Morgan fingerprint density at radius 2 is 2.26 bits per heavy atom. The van der Waals surface area contributed by atoms with Gasteiger partial charge in [0.1, 0.15) is 5.36 Å². The second-order valence-corrected chi connectivity index (χ2v) is 5.01. The quantitative estimate of drug-likeness (QED) is 0.669. The van der Waals surface area contributed by atoms with Crippen molar-refractivity contribution in [2.75, 3.05) is 6.54 Å². The van der Waals surface area contributed by atoms with E-state index in [2.05, 4.69) is 32.3 Å². The van der Waals surface area contributed by atoms with Gasteiger partial charge < -0.3 is 0 Å². The topological polar surface area (TPSA) is 50.0 Å². The molecule has 1 aromatic rings. The van der Waals surface area contributed by atoms with Crippen LogP contribution in [0.15, 0.2) is 73.5 Å². The minimum Gasteiger partial charge on any atom is -0.278 e. The van der Waals surface area contributed by atoms with Gasteiger partial charge in [-0.3, -0.25) is 15.0 Å². The monoisotopic (exact) mass is 266 g/mol. The predicted octanol–water partition coefficient (Wildman–Crippen LogP) is 1.55. The molecule has 0 aromatic carbocycles. The third kappa shape index (κ3) is 2.62. The van der Waals surface area contributed by atoms with Crippen molar-refractivity contribution in [3.63, 3.8) is 0 Å². The van der Waals surface area contributed by atoms with Crippen LogP contribution in [0.1, 0.15) is 0 Å². The molecule has 0 unspecified atom stereocenters. The van der Waals surface area contributed by atoms with Crippen LogP contribution in [0.5, 0.6) is 0 Å². The Labute approximate surface area is 114 Å². The largest absolute Gasteiger partial charge is 0.278 e. The van der Waals surface area contributed by atoms with Crippen molar-refractivity contribution < 1.29 is 0 Å². The van der Waals surface area contributed by atoms with Crippen molar-refractivity contribution in [3.05, 3.63) is 69.3 Å². The van der Waals surface area contributed by atoms with Crippen molar-refractivity contribution in [1.82, 2.24) is 4.98 Å². The summed E-state index contributed by atoms with van der Waals surface area (Å²) in [7, 11) is 0. The van der Waals surface area contributed by atoms with Crippen molar-refractivity contribution in [2.45, 2.75) is 0 Å². The van der Waals surface area contributed by atoms with E-state index in [1.807, 2.05) is 18.4 Å². The van der Waals surface area contributed by atoms with Gasteiger partial charge in [0.05, 0.1) is 29.3 Å². The van der Waals surface area contributed by atoms with Gasteiger partial charge in [-0.15, -0.1) is 0 Å². The second kappa shape index (κ2) is 5.18. The number of hydrogen-bond donors (Lipinski definition) is 0. The van der Waals surface area contributed by atoms with Crippen LogP contribution in [0.25, 0.3) is 0 Å². The molecule has 3 heterocycles. The molecule has 0 saturated carbocycles. The fraction of sp³-hybridized carbons (Fsp3) is 0.0714. The van der Waals surface area contributed by atoms with E-state index >= 15 is 0 Å². The Hall–Kier alpha value is -2.23. The molecule has 0 amide bonds. The van der Waals surface area contributed by atoms with E-state index in [0.717, 1.165) is 21.2 Å². The summed E-state index contributed by atoms with van der Waals surface area (Å²) in [6, 6.07) is 1.85. The summed E-state index contributed by atoms with van der Waals surface area (Å²) in [4.78, 5) is 18.3. The first-order valence-electron chi connectivity index (χ1n) is 5.70. The molecule has 92 valence electrons. The number of aliphatic imine (C=N–C) groups is 1. The minimum atomic E-state index is 0.553. The predicted molar refractivity (Wildman–Crippen MR) is 76.3 cm³/mol. The highest BCUT2D eigenvalue weighted by atomic mass is 32.2. The Balaban J connectivity index is 2.18. The van der Waals surface area contributed by atoms with Crippen LogP contribution in [-0.4, -0.2) is 17.7 Å². The summed E-state index contributed by atoms with van der Waals surface area (Å²) in [5, 5.41) is 2.27. The molecule has 0 radical (unpaired) electrons. The number of pyridine rings is 1. The van der Waals surface area contributed by atoms with Gasteiger partial charge in [0.15, 0.2) is 0 Å². The number of hydrogen-bond acceptors (Lipinski definition) is 5.